The van der Waals surface area contributed by atoms with Gasteiger partial charge < -0.3 is 15.4 Å². The molecule has 1 unspecified atom stereocenters. The van der Waals surface area contributed by atoms with Crippen molar-refractivity contribution in [2.75, 3.05) is 26.2 Å². The molecule has 1 saturated heterocycles. The first kappa shape index (κ1) is 14.3. The number of hydrogen-bond acceptors (Lipinski definition) is 4. The molecule has 5 heteroatoms. The molecule has 1 atom stereocenters. The van der Waals surface area contributed by atoms with Crippen LogP contribution in [0.3, 0.4) is 0 Å². The molecule has 1 aliphatic heterocycles. The number of carbonyl (C=O) groups is 1. The predicted octanol–water partition coefficient (Wildman–Crippen LogP) is 1.15. The van der Waals surface area contributed by atoms with Crippen LogP contribution in [0.2, 0.25) is 0 Å². The van der Waals surface area contributed by atoms with Gasteiger partial charge in [-0.2, -0.15) is 0 Å². The third-order valence-corrected chi connectivity index (χ3v) is 3.27. The molecule has 1 aliphatic rings. The fourth-order valence-corrected chi connectivity index (χ4v) is 2.13. The van der Waals surface area contributed by atoms with Crippen LogP contribution in [0, 0.1) is 0 Å². The lowest BCUT2D eigenvalue weighted by Gasteiger charge is -2.28. The molecule has 0 bridgehead atoms. The van der Waals surface area contributed by atoms with Gasteiger partial charge in [-0.15, -0.1) is 0 Å². The maximum absolute atomic E-state index is 11.7. The summed E-state index contributed by atoms with van der Waals surface area (Å²) in [5.41, 5.74) is 0. The third-order valence-electron chi connectivity index (χ3n) is 3.27. The van der Waals surface area contributed by atoms with Crippen molar-refractivity contribution in [2.45, 2.75) is 45.9 Å². The van der Waals surface area contributed by atoms with Gasteiger partial charge >= 0.3 is 6.09 Å². The van der Waals surface area contributed by atoms with Crippen molar-refractivity contribution in [2.24, 2.45) is 0 Å². The molecule has 1 amide bonds. The molecule has 1 heterocycles. The Morgan fingerprint density at radius 1 is 1.41 bits per heavy atom. The van der Waals surface area contributed by atoms with Gasteiger partial charge in [-0.3, -0.25) is 4.90 Å². The molecular formula is C12H25N3O2. The van der Waals surface area contributed by atoms with Crippen LogP contribution in [0.4, 0.5) is 4.79 Å². The standard InChI is InChI=1S/C12H25N3O2/c1-4-15(5-2)10(3)17-12(16)14-11-6-8-13-9-7-11/h10-11,13H,4-9H2,1-3H3,(H,14,16). The molecular weight excluding hydrogens is 218 g/mol. The molecule has 0 aromatic carbocycles. The number of hydrogen-bond donors (Lipinski definition) is 2. The lowest BCUT2D eigenvalue weighted by Crippen LogP contribution is -2.45. The third kappa shape index (κ3) is 4.91. The van der Waals surface area contributed by atoms with Crippen molar-refractivity contribution in [1.29, 1.82) is 0 Å². The fourth-order valence-electron chi connectivity index (χ4n) is 2.13. The summed E-state index contributed by atoms with van der Waals surface area (Å²) in [4.78, 5) is 13.8. The second-order valence-corrected chi connectivity index (χ2v) is 4.39. The number of piperidine rings is 1. The van der Waals surface area contributed by atoms with Gasteiger partial charge in [-0.05, 0) is 45.9 Å². The summed E-state index contributed by atoms with van der Waals surface area (Å²) in [6.45, 7) is 9.75. The predicted molar refractivity (Wildman–Crippen MR) is 67.9 cm³/mol. The first-order chi connectivity index (χ1) is 8.17. The van der Waals surface area contributed by atoms with Gasteiger partial charge in [0.15, 0.2) is 6.23 Å². The van der Waals surface area contributed by atoms with Crippen LogP contribution < -0.4 is 10.6 Å². The smallest absolute Gasteiger partial charge is 0.408 e. The SMILES string of the molecule is CCN(CC)C(C)OC(=O)NC1CCNCC1. The van der Waals surface area contributed by atoms with E-state index in [0.29, 0.717) is 0 Å². The molecule has 5 nitrogen and oxygen atoms in total. The van der Waals surface area contributed by atoms with Crippen LogP contribution >= 0.6 is 0 Å². The second kappa shape index (κ2) is 7.50. The number of ether oxygens (including phenoxy) is 1. The van der Waals surface area contributed by atoms with E-state index in [1.165, 1.54) is 0 Å². The van der Waals surface area contributed by atoms with E-state index in [1.54, 1.807) is 0 Å². The molecule has 0 aromatic heterocycles. The van der Waals surface area contributed by atoms with Gasteiger partial charge in [0.1, 0.15) is 0 Å². The Hall–Kier alpha value is -0.810. The normalized spacial score (nSPS) is 19.1. The Bertz CT molecular complexity index is 226. The fraction of sp³-hybridized carbons (Fsp3) is 0.917. The van der Waals surface area contributed by atoms with Crippen LogP contribution in [0.1, 0.15) is 33.6 Å². The van der Waals surface area contributed by atoms with E-state index in [-0.39, 0.29) is 18.4 Å². The van der Waals surface area contributed by atoms with Crippen LogP contribution in [0.25, 0.3) is 0 Å². The number of alkyl carbamates (subject to hydrolysis) is 1. The van der Waals surface area contributed by atoms with E-state index in [4.69, 9.17) is 4.74 Å². The average Bonchev–Trinajstić information content (AvgIpc) is 2.31. The van der Waals surface area contributed by atoms with E-state index in [0.717, 1.165) is 39.0 Å². The molecule has 1 rings (SSSR count). The van der Waals surface area contributed by atoms with Gasteiger partial charge in [-0.25, -0.2) is 4.79 Å². The zero-order valence-corrected chi connectivity index (χ0v) is 11.2. The lowest BCUT2D eigenvalue weighted by atomic mass is 10.1. The number of nitrogens with one attached hydrogen (secondary N) is 2. The lowest BCUT2D eigenvalue weighted by molar-refractivity contribution is 0.00288. The zero-order valence-electron chi connectivity index (χ0n) is 11.2. The highest BCUT2D eigenvalue weighted by molar-refractivity contribution is 5.67. The molecule has 0 radical (unpaired) electrons. The minimum atomic E-state index is -0.295. The van der Waals surface area contributed by atoms with Crippen molar-refractivity contribution in [3.05, 3.63) is 0 Å². The van der Waals surface area contributed by atoms with Crippen molar-refractivity contribution < 1.29 is 9.53 Å². The van der Waals surface area contributed by atoms with Crippen molar-refractivity contribution in [3.8, 4) is 0 Å². The number of nitrogens with zero attached hydrogens (tertiary/aromatic N) is 1. The molecule has 100 valence electrons. The highest BCUT2D eigenvalue weighted by Gasteiger charge is 2.19. The molecule has 0 aromatic rings. The molecule has 17 heavy (non-hydrogen) atoms. The van der Waals surface area contributed by atoms with Crippen LogP contribution in [-0.2, 0) is 4.74 Å². The Balaban J connectivity index is 2.27. The summed E-state index contributed by atoms with van der Waals surface area (Å²) in [5, 5.41) is 6.19. The van der Waals surface area contributed by atoms with Gasteiger partial charge in [0, 0.05) is 6.04 Å². The Labute approximate surface area is 104 Å². The average molecular weight is 243 g/mol. The topological polar surface area (TPSA) is 53.6 Å². The maximum Gasteiger partial charge on any atom is 0.408 e. The highest BCUT2D eigenvalue weighted by atomic mass is 16.6. The van der Waals surface area contributed by atoms with Gasteiger partial charge in [-0.1, -0.05) is 13.8 Å². The maximum atomic E-state index is 11.7. The van der Waals surface area contributed by atoms with Crippen molar-refractivity contribution in [3.63, 3.8) is 0 Å². The van der Waals surface area contributed by atoms with E-state index < -0.39 is 0 Å². The van der Waals surface area contributed by atoms with Crippen molar-refractivity contribution >= 4 is 6.09 Å². The second-order valence-electron chi connectivity index (χ2n) is 4.39. The van der Waals surface area contributed by atoms with E-state index >= 15 is 0 Å². The minimum absolute atomic E-state index is 0.160. The molecule has 2 N–H and O–H groups in total. The monoisotopic (exact) mass is 243 g/mol. The van der Waals surface area contributed by atoms with Crippen molar-refractivity contribution in [1.82, 2.24) is 15.5 Å². The summed E-state index contributed by atoms with van der Waals surface area (Å²) in [6.07, 6.45) is 1.51. The summed E-state index contributed by atoms with van der Waals surface area (Å²) in [7, 11) is 0. The molecule has 0 saturated carbocycles. The minimum Gasteiger partial charge on any atom is -0.431 e. The molecule has 0 aliphatic carbocycles. The summed E-state index contributed by atoms with van der Waals surface area (Å²) >= 11 is 0. The summed E-state index contributed by atoms with van der Waals surface area (Å²) in [6, 6.07) is 0.257. The van der Waals surface area contributed by atoms with Gasteiger partial charge in [0.2, 0.25) is 0 Å². The molecule has 0 spiro atoms. The Morgan fingerprint density at radius 2 is 2.00 bits per heavy atom. The van der Waals surface area contributed by atoms with E-state index in [1.807, 2.05) is 6.92 Å². The van der Waals surface area contributed by atoms with E-state index in [9.17, 15) is 4.79 Å². The van der Waals surface area contributed by atoms with Gasteiger partial charge in [0.25, 0.3) is 0 Å². The zero-order chi connectivity index (χ0) is 12.7. The molecule has 1 fully saturated rings. The number of amides is 1. The number of rotatable bonds is 5. The van der Waals surface area contributed by atoms with Crippen LogP contribution in [0.5, 0.6) is 0 Å². The first-order valence-electron chi connectivity index (χ1n) is 6.59. The summed E-state index contributed by atoms with van der Waals surface area (Å²) < 4.78 is 5.35. The Kier molecular flexibility index (Phi) is 6.29. The first-order valence-corrected chi connectivity index (χ1v) is 6.59. The van der Waals surface area contributed by atoms with Crippen LogP contribution in [-0.4, -0.2) is 49.4 Å². The van der Waals surface area contributed by atoms with Crippen LogP contribution in [0.15, 0.2) is 0 Å². The largest absolute Gasteiger partial charge is 0.431 e. The highest BCUT2D eigenvalue weighted by Crippen LogP contribution is 2.04. The van der Waals surface area contributed by atoms with Gasteiger partial charge in [0.05, 0.1) is 0 Å². The Morgan fingerprint density at radius 3 is 2.53 bits per heavy atom. The van der Waals surface area contributed by atoms with E-state index in [2.05, 4.69) is 29.4 Å². The quantitative estimate of drug-likeness (QED) is 0.711. The summed E-state index contributed by atoms with van der Waals surface area (Å²) in [5.74, 6) is 0. The number of carbonyl (C=O) groups excluding carboxylic acids is 1.